The molecule has 2 aliphatic rings. The van der Waals surface area contributed by atoms with Crippen LogP contribution in [-0.4, -0.2) is 13.1 Å². The highest BCUT2D eigenvalue weighted by atomic mass is 35.5. The predicted molar refractivity (Wildman–Crippen MR) is 79.7 cm³/mol. The van der Waals surface area contributed by atoms with E-state index in [1.54, 1.807) is 16.7 Å². The van der Waals surface area contributed by atoms with Gasteiger partial charge in [0.2, 0.25) is 0 Å². The highest BCUT2D eigenvalue weighted by molar-refractivity contribution is 5.85. The van der Waals surface area contributed by atoms with Gasteiger partial charge < -0.3 is 5.32 Å². The first kappa shape index (κ1) is 13.9. The van der Waals surface area contributed by atoms with Crippen molar-refractivity contribution in [1.29, 1.82) is 0 Å². The summed E-state index contributed by atoms with van der Waals surface area (Å²) in [6, 6.07) is 7.32. The number of nitrogens with one attached hydrogen (secondary N) is 1. The summed E-state index contributed by atoms with van der Waals surface area (Å²) < 4.78 is 0. The van der Waals surface area contributed by atoms with E-state index in [1.807, 2.05) is 0 Å². The fraction of sp³-hybridized carbons (Fsp3) is 0.625. The zero-order chi connectivity index (χ0) is 11.7. The van der Waals surface area contributed by atoms with Crippen LogP contribution in [0.15, 0.2) is 18.2 Å². The largest absolute Gasteiger partial charge is 0.316 e. The smallest absolute Gasteiger partial charge is 0.00173 e. The number of halogens is 1. The Labute approximate surface area is 117 Å². The van der Waals surface area contributed by atoms with Crippen LogP contribution in [0.5, 0.6) is 0 Å². The van der Waals surface area contributed by atoms with Gasteiger partial charge in [-0.3, -0.25) is 0 Å². The predicted octanol–water partition coefficient (Wildman–Crippen LogP) is 3.70. The van der Waals surface area contributed by atoms with Crippen LogP contribution in [0.25, 0.3) is 0 Å². The molecule has 18 heavy (non-hydrogen) atoms. The van der Waals surface area contributed by atoms with E-state index in [0.29, 0.717) is 0 Å². The average molecular weight is 266 g/mol. The summed E-state index contributed by atoms with van der Waals surface area (Å²) in [5.74, 6) is 1.56. The normalized spacial score (nSPS) is 27.2. The van der Waals surface area contributed by atoms with Gasteiger partial charge in [-0.25, -0.2) is 0 Å². The summed E-state index contributed by atoms with van der Waals surface area (Å²) in [6.07, 6.45) is 6.69. The molecule has 2 heteroatoms. The van der Waals surface area contributed by atoms with E-state index in [0.717, 1.165) is 11.8 Å². The summed E-state index contributed by atoms with van der Waals surface area (Å²) >= 11 is 0. The number of hydrogen-bond donors (Lipinski definition) is 1. The first-order valence-electron chi connectivity index (χ1n) is 7.17. The van der Waals surface area contributed by atoms with E-state index >= 15 is 0 Å². The molecule has 100 valence electrons. The molecule has 0 saturated carbocycles. The van der Waals surface area contributed by atoms with Crippen LogP contribution in [-0.2, 0) is 12.8 Å². The van der Waals surface area contributed by atoms with Crippen molar-refractivity contribution in [2.45, 2.75) is 44.9 Å². The Bertz CT molecular complexity index is 402. The summed E-state index contributed by atoms with van der Waals surface area (Å²) in [7, 11) is 0. The van der Waals surface area contributed by atoms with Crippen molar-refractivity contribution in [2.75, 3.05) is 13.1 Å². The third-order valence-electron chi connectivity index (χ3n) is 4.59. The lowest BCUT2D eigenvalue weighted by atomic mass is 9.80. The van der Waals surface area contributed by atoms with E-state index in [2.05, 4.69) is 30.4 Å². The number of benzene rings is 1. The molecule has 1 aromatic carbocycles. The summed E-state index contributed by atoms with van der Waals surface area (Å²) in [5.41, 5.74) is 4.85. The molecule has 0 spiro atoms. The molecule has 1 aliphatic carbocycles. The van der Waals surface area contributed by atoms with Crippen LogP contribution in [0, 0.1) is 5.92 Å². The second-order valence-electron chi connectivity index (χ2n) is 5.81. The van der Waals surface area contributed by atoms with Crippen LogP contribution in [0.4, 0.5) is 0 Å². The first-order valence-corrected chi connectivity index (χ1v) is 7.17. The number of piperidine rings is 1. The molecule has 1 aliphatic heterocycles. The van der Waals surface area contributed by atoms with Gasteiger partial charge in [0, 0.05) is 0 Å². The van der Waals surface area contributed by atoms with Crippen molar-refractivity contribution in [2.24, 2.45) is 5.92 Å². The molecule has 1 aromatic rings. The van der Waals surface area contributed by atoms with Crippen LogP contribution in [0.3, 0.4) is 0 Å². The first-order chi connectivity index (χ1) is 8.34. The van der Waals surface area contributed by atoms with Gasteiger partial charge in [0.25, 0.3) is 0 Å². The lowest BCUT2D eigenvalue weighted by molar-refractivity contribution is 0.349. The lowest BCUT2D eigenvalue weighted by Crippen LogP contribution is -2.33. The van der Waals surface area contributed by atoms with Crippen molar-refractivity contribution < 1.29 is 0 Å². The fourth-order valence-corrected chi connectivity index (χ4v) is 3.49. The van der Waals surface area contributed by atoms with Gasteiger partial charge >= 0.3 is 0 Å². The Morgan fingerprint density at radius 1 is 1.11 bits per heavy atom. The van der Waals surface area contributed by atoms with Crippen molar-refractivity contribution in [3.05, 3.63) is 34.9 Å². The Hall–Kier alpha value is -0.530. The monoisotopic (exact) mass is 265 g/mol. The third kappa shape index (κ3) is 2.73. The Balaban J connectivity index is 0.00000120. The summed E-state index contributed by atoms with van der Waals surface area (Å²) in [5, 5.41) is 3.50. The Morgan fingerprint density at radius 2 is 1.89 bits per heavy atom. The summed E-state index contributed by atoms with van der Waals surface area (Å²) in [6.45, 7) is 4.75. The summed E-state index contributed by atoms with van der Waals surface area (Å²) in [4.78, 5) is 0. The minimum Gasteiger partial charge on any atom is -0.316 e. The van der Waals surface area contributed by atoms with Crippen molar-refractivity contribution >= 4 is 12.4 Å². The Morgan fingerprint density at radius 3 is 2.67 bits per heavy atom. The number of hydrogen-bond acceptors (Lipinski definition) is 1. The number of fused-ring (bicyclic) bond motifs is 1. The van der Waals surface area contributed by atoms with Gasteiger partial charge in [-0.15, -0.1) is 12.4 Å². The average Bonchev–Trinajstić information content (AvgIpc) is 2.39. The van der Waals surface area contributed by atoms with Crippen LogP contribution in [0.2, 0.25) is 0 Å². The van der Waals surface area contributed by atoms with Gasteiger partial charge in [0.05, 0.1) is 0 Å². The lowest BCUT2D eigenvalue weighted by Gasteiger charge is -2.31. The van der Waals surface area contributed by atoms with Crippen molar-refractivity contribution in [1.82, 2.24) is 5.32 Å². The molecule has 0 radical (unpaired) electrons. The fourth-order valence-electron chi connectivity index (χ4n) is 3.49. The van der Waals surface area contributed by atoms with Crippen LogP contribution < -0.4 is 5.32 Å². The zero-order valence-corrected chi connectivity index (χ0v) is 12.1. The van der Waals surface area contributed by atoms with Gasteiger partial charge in [-0.05, 0) is 73.7 Å². The molecule has 1 fully saturated rings. The molecule has 1 heterocycles. The molecular formula is C16H24ClN. The van der Waals surface area contributed by atoms with Gasteiger partial charge in [0.1, 0.15) is 0 Å². The van der Waals surface area contributed by atoms with E-state index in [1.165, 1.54) is 45.2 Å². The Kier molecular flexibility index (Phi) is 4.69. The second-order valence-corrected chi connectivity index (χ2v) is 5.81. The number of aryl methyl sites for hydroxylation is 2. The zero-order valence-electron chi connectivity index (χ0n) is 11.2. The minimum atomic E-state index is 0. The van der Waals surface area contributed by atoms with E-state index in [-0.39, 0.29) is 12.4 Å². The SMILES string of the molecule is C[C@@H]1CNCC[C@@H]1c1ccc2c(c1)CCCC2.Cl. The molecule has 1 saturated heterocycles. The third-order valence-corrected chi connectivity index (χ3v) is 4.59. The molecule has 2 atom stereocenters. The molecule has 1 nitrogen and oxygen atoms in total. The number of rotatable bonds is 1. The van der Waals surface area contributed by atoms with Crippen LogP contribution in [0.1, 0.15) is 48.8 Å². The van der Waals surface area contributed by atoms with E-state index in [9.17, 15) is 0 Å². The van der Waals surface area contributed by atoms with Crippen LogP contribution >= 0.6 is 12.4 Å². The molecule has 0 unspecified atom stereocenters. The maximum Gasteiger partial charge on any atom is -0.00173 e. The molecule has 0 amide bonds. The van der Waals surface area contributed by atoms with E-state index < -0.39 is 0 Å². The molecular weight excluding hydrogens is 242 g/mol. The van der Waals surface area contributed by atoms with Crippen molar-refractivity contribution in [3.8, 4) is 0 Å². The standard InChI is InChI=1S/C16H23N.ClH/c1-12-11-17-9-8-16(12)15-7-6-13-4-2-3-5-14(13)10-15;/h6-7,10,12,16-17H,2-5,8-9,11H2,1H3;1H/t12-,16+;/m1./s1. The highest BCUT2D eigenvalue weighted by Crippen LogP contribution is 2.32. The molecule has 0 bridgehead atoms. The molecule has 3 rings (SSSR count). The van der Waals surface area contributed by atoms with Crippen molar-refractivity contribution in [3.63, 3.8) is 0 Å². The maximum atomic E-state index is 3.50. The minimum absolute atomic E-state index is 0. The second kappa shape index (κ2) is 6.08. The maximum absolute atomic E-state index is 3.50. The van der Waals surface area contributed by atoms with Gasteiger partial charge in [-0.2, -0.15) is 0 Å². The highest BCUT2D eigenvalue weighted by Gasteiger charge is 2.23. The molecule has 1 N–H and O–H groups in total. The van der Waals surface area contributed by atoms with Gasteiger partial charge in [0.15, 0.2) is 0 Å². The van der Waals surface area contributed by atoms with E-state index in [4.69, 9.17) is 0 Å². The molecule has 0 aromatic heterocycles. The quantitative estimate of drug-likeness (QED) is 0.817. The topological polar surface area (TPSA) is 12.0 Å². The van der Waals surface area contributed by atoms with Gasteiger partial charge in [-0.1, -0.05) is 25.1 Å².